The number of benzene rings is 1. The van der Waals surface area contributed by atoms with Gasteiger partial charge in [-0.15, -0.1) is 0 Å². The van der Waals surface area contributed by atoms with Crippen LogP contribution in [0.2, 0.25) is 0 Å². The molecule has 24 heavy (non-hydrogen) atoms. The highest BCUT2D eigenvalue weighted by molar-refractivity contribution is 5.94. The minimum absolute atomic E-state index is 0.0806. The summed E-state index contributed by atoms with van der Waals surface area (Å²) in [5.74, 6) is 1.23. The summed E-state index contributed by atoms with van der Waals surface area (Å²) in [4.78, 5) is 22.9. The first-order chi connectivity index (χ1) is 11.5. The summed E-state index contributed by atoms with van der Waals surface area (Å²) >= 11 is 0. The minimum Gasteiger partial charge on any atom is -0.377 e. The monoisotopic (exact) mass is 328 g/mol. The molecule has 1 heterocycles. The maximum absolute atomic E-state index is 12.3. The first-order valence-corrected chi connectivity index (χ1v) is 7.95. The lowest BCUT2D eigenvalue weighted by Crippen LogP contribution is -2.31. The third kappa shape index (κ3) is 4.76. The summed E-state index contributed by atoms with van der Waals surface area (Å²) in [6.45, 7) is 4.52. The highest BCUT2D eigenvalue weighted by Crippen LogP contribution is 2.16. The van der Waals surface area contributed by atoms with Crippen LogP contribution in [0.15, 0.2) is 30.3 Å². The van der Waals surface area contributed by atoms with E-state index in [9.17, 15) is 4.79 Å². The zero-order chi connectivity index (χ0) is 17.5. The lowest BCUT2D eigenvalue weighted by Gasteiger charge is -2.19. The maximum atomic E-state index is 12.3. The zero-order valence-corrected chi connectivity index (χ0v) is 14.7. The molecule has 0 saturated heterocycles. The quantitative estimate of drug-likeness (QED) is 0.846. The number of anilines is 2. The molecule has 1 aromatic heterocycles. The molecule has 0 bridgehead atoms. The Hall–Kier alpha value is -2.47. The van der Waals surface area contributed by atoms with Gasteiger partial charge in [0.05, 0.1) is 6.54 Å². The summed E-state index contributed by atoms with van der Waals surface area (Å²) < 4.78 is 5.08. The molecule has 0 aliphatic rings. The summed E-state index contributed by atoms with van der Waals surface area (Å²) in [5, 5.41) is 2.97. The highest BCUT2D eigenvalue weighted by Gasteiger charge is 2.12. The van der Waals surface area contributed by atoms with Crippen LogP contribution in [0.1, 0.15) is 24.0 Å². The van der Waals surface area contributed by atoms with Gasteiger partial charge in [0.25, 0.3) is 0 Å². The molecule has 2 rings (SSSR count). The number of aromatic nitrogens is 2. The molecule has 0 fully saturated rings. The number of nitrogens with zero attached hydrogens (tertiary/aromatic N) is 3. The molecular formula is C18H24N4O2. The third-order valence-corrected chi connectivity index (χ3v) is 3.60. The standard InChI is InChI=1S/C18H24N4O2/c1-5-14-8-6-7-9-15(14)20-18(23)11-22(3)17-10-13(2)19-16(21-17)12-24-4/h6-10H,5,11-12H2,1-4H3,(H,20,23). The molecule has 1 amide bonds. The van der Waals surface area contributed by atoms with Gasteiger partial charge < -0.3 is 15.0 Å². The molecule has 6 heteroatoms. The number of aryl methyl sites for hydroxylation is 2. The summed E-state index contributed by atoms with van der Waals surface area (Å²) in [5.41, 5.74) is 2.82. The fraction of sp³-hybridized carbons (Fsp3) is 0.389. The molecule has 0 unspecified atom stereocenters. The number of para-hydroxylation sites is 1. The highest BCUT2D eigenvalue weighted by atomic mass is 16.5. The third-order valence-electron chi connectivity index (χ3n) is 3.60. The van der Waals surface area contributed by atoms with Crippen LogP contribution in [-0.2, 0) is 22.6 Å². The summed E-state index contributed by atoms with van der Waals surface area (Å²) in [6.07, 6.45) is 0.873. The molecule has 6 nitrogen and oxygen atoms in total. The molecule has 0 radical (unpaired) electrons. The van der Waals surface area contributed by atoms with Gasteiger partial charge in [-0.1, -0.05) is 25.1 Å². The topological polar surface area (TPSA) is 67.4 Å². The van der Waals surface area contributed by atoms with Gasteiger partial charge in [-0.25, -0.2) is 9.97 Å². The first kappa shape index (κ1) is 17.9. The van der Waals surface area contributed by atoms with E-state index in [0.717, 1.165) is 23.4 Å². The van der Waals surface area contributed by atoms with Crippen LogP contribution in [0, 0.1) is 6.92 Å². The second kappa shape index (κ2) is 8.40. The molecule has 1 N–H and O–H groups in total. The predicted molar refractivity (Wildman–Crippen MR) is 95.2 cm³/mol. The molecule has 0 aliphatic heterocycles. The number of likely N-dealkylation sites (N-methyl/N-ethyl adjacent to an activating group) is 1. The molecule has 0 spiro atoms. The zero-order valence-electron chi connectivity index (χ0n) is 14.7. The van der Waals surface area contributed by atoms with Gasteiger partial charge in [-0.05, 0) is 25.0 Å². The summed E-state index contributed by atoms with van der Waals surface area (Å²) in [6, 6.07) is 9.68. The normalized spacial score (nSPS) is 10.5. The molecule has 0 atom stereocenters. The van der Waals surface area contributed by atoms with Crippen LogP contribution in [0.5, 0.6) is 0 Å². The lowest BCUT2D eigenvalue weighted by atomic mass is 10.1. The average Bonchev–Trinajstić information content (AvgIpc) is 2.55. The maximum Gasteiger partial charge on any atom is 0.243 e. The fourth-order valence-electron chi connectivity index (χ4n) is 2.44. The van der Waals surface area contributed by atoms with Crippen molar-refractivity contribution in [2.75, 3.05) is 30.9 Å². The van der Waals surface area contributed by atoms with Crippen molar-refractivity contribution in [3.05, 3.63) is 47.4 Å². The number of amides is 1. The largest absolute Gasteiger partial charge is 0.377 e. The van der Waals surface area contributed by atoms with Gasteiger partial charge in [-0.2, -0.15) is 0 Å². The van der Waals surface area contributed by atoms with Crippen LogP contribution in [0.25, 0.3) is 0 Å². The molecule has 1 aromatic carbocycles. The number of hydrogen-bond donors (Lipinski definition) is 1. The Labute approximate surface area is 142 Å². The number of carbonyl (C=O) groups is 1. The van der Waals surface area contributed by atoms with Crippen molar-refractivity contribution in [2.45, 2.75) is 26.9 Å². The van der Waals surface area contributed by atoms with Crippen molar-refractivity contribution < 1.29 is 9.53 Å². The molecular weight excluding hydrogens is 304 g/mol. The predicted octanol–water partition coefficient (Wildman–Crippen LogP) is 2.57. The van der Waals surface area contributed by atoms with Gasteiger partial charge >= 0.3 is 0 Å². The number of nitrogens with one attached hydrogen (secondary N) is 1. The SMILES string of the molecule is CCc1ccccc1NC(=O)CN(C)c1cc(C)nc(COC)n1. The van der Waals surface area contributed by atoms with E-state index in [0.29, 0.717) is 18.2 Å². The number of hydrogen-bond acceptors (Lipinski definition) is 5. The Morgan fingerprint density at radius 2 is 2.04 bits per heavy atom. The van der Waals surface area contributed by atoms with E-state index in [4.69, 9.17) is 4.74 Å². The van der Waals surface area contributed by atoms with Gasteiger partial charge in [0, 0.05) is 31.6 Å². The van der Waals surface area contributed by atoms with Crippen molar-refractivity contribution in [2.24, 2.45) is 0 Å². The van der Waals surface area contributed by atoms with Crippen LogP contribution in [-0.4, -0.2) is 36.6 Å². The van der Waals surface area contributed by atoms with Crippen molar-refractivity contribution in [1.29, 1.82) is 0 Å². The second-order valence-electron chi connectivity index (χ2n) is 5.63. The summed E-state index contributed by atoms with van der Waals surface area (Å²) in [7, 11) is 3.44. The molecule has 0 saturated carbocycles. The number of rotatable bonds is 7. The minimum atomic E-state index is -0.0806. The molecule has 2 aromatic rings. The van der Waals surface area contributed by atoms with Crippen LogP contribution < -0.4 is 10.2 Å². The van der Waals surface area contributed by atoms with Gasteiger partial charge in [0.2, 0.25) is 5.91 Å². The van der Waals surface area contributed by atoms with Gasteiger partial charge in [0.15, 0.2) is 5.82 Å². The van der Waals surface area contributed by atoms with Crippen molar-refractivity contribution >= 4 is 17.4 Å². The first-order valence-electron chi connectivity index (χ1n) is 7.95. The van der Waals surface area contributed by atoms with Crippen molar-refractivity contribution in [1.82, 2.24) is 9.97 Å². The van der Waals surface area contributed by atoms with Crippen molar-refractivity contribution in [3.8, 4) is 0 Å². The van der Waals surface area contributed by atoms with Gasteiger partial charge in [0.1, 0.15) is 12.4 Å². The Morgan fingerprint density at radius 3 is 2.75 bits per heavy atom. The van der Waals surface area contributed by atoms with Gasteiger partial charge in [-0.3, -0.25) is 4.79 Å². The Bertz CT molecular complexity index is 703. The Balaban J connectivity index is 2.06. The van der Waals surface area contributed by atoms with E-state index in [-0.39, 0.29) is 12.5 Å². The number of methoxy groups -OCH3 is 1. The Morgan fingerprint density at radius 1 is 1.29 bits per heavy atom. The number of ether oxygens (including phenoxy) is 1. The van der Waals surface area contributed by atoms with E-state index < -0.39 is 0 Å². The van der Waals surface area contributed by atoms with Crippen molar-refractivity contribution in [3.63, 3.8) is 0 Å². The van der Waals surface area contributed by atoms with E-state index in [1.807, 2.05) is 44.3 Å². The van der Waals surface area contributed by atoms with Crippen LogP contribution >= 0.6 is 0 Å². The smallest absolute Gasteiger partial charge is 0.243 e. The van der Waals surface area contributed by atoms with E-state index in [1.54, 1.807) is 12.0 Å². The Kier molecular flexibility index (Phi) is 6.26. The number of carbonyl (C=O) groups excluding carboxylic acids is 1. The van der Waals surface area contributed by atoms with Crippen LogP contribution in [0.4, 0.5) is 11.5 Å². The molecule has 128 valence electrons. The lowest BCUT2D eigenvalue weighted by molar-refractivity contribution is -0.114. The van der Waals surface area contributed by atoms with E-state index in [2.05, 4.69) is 22.2 Å². The average molecular weight is 328 g/mol. The van der Waals surface area contributed by atoms with E-state index in [1.165, 1.54) is 0 Å². The van der Waals surface area contributed by atoms with Crippen LogP contribution in [0.3, 0.4) is 0 Å². The molecule has 0 aliphatic carbocycles. The second-order valence-corrected chi connectivity index (χ2v) is 5.63. The fourth-order valence-corrected chi connectivity index (χ4v) is 2.44. The van der Waals surface area contributed by atoms with E-state index >= 15 is 0 Å².